The van der Waals surface area contributed by atoms with Crippen molar-refractivity contribution in [2.45, 2.75) is 163 Å². The number of amides is 11. The number of hydrogen-bond donors (Lipinski definition) is 18. The zero-order valence-electron chi connectivity index (χ0n) is 58.2. The Hall–Kier alpha value is -11.0. The number of carbonyl (C=O) groups excluding carboxylic acids is 11. The first-order valence-electron chi connectivity index (χ1n) is 32.6. The van der Waals surface area contributed by atoms with Crippen LogP contribution in [-0.2, 0) is 81.6 Å². The van der Waals surface area contributed by atoms with Crippen molar-refractivity contribution in [3.8, 4) is 11.1 Å². The van der Waals surface area contributed by atoms with Gasteiger partial charge in [0.2, 0.25) is 70.8 Å². The number of H-pyrrole nitrogens is 1. The number of aliphatic hydroxyl groups excluding tert-OH is 3. The van der Waals surface area contributed by atoms with Crippen molar-refractivity contribution in [3.63, 3.8) is 0 Å². The molecule has 0 aliphatic carbocycles. The standard InChI is InChI=1S/C68H82F6N14O18S/c1-32(90)53(85-64(105)67(5,26-37-14-10-11-15-39(37)69)88-62(103)54(33(2)91)84-45(92)28-78-58(99)42(22-23-46(93)94)83-63(104)66(3,4)86-57(98)40(75)24-38-27-77-31-79-38)61(102)81-44(29-89)59(100)80-43(25-47(95)96)60(101)87-68(6,30-107-55-51(73)49(71)48(70)50(72)52(55)74)65(106)82-41(56(76)97)21-18-34-16-19-36(20-17-34)35-12-8-7-9-13-35/h7-17,19-20,27,31-33,40-44,53-54,89-91H,18,21-26,28-30,75H2,1-6H3,(H2,76,97)(H,77,79)(H,78,99)(H,80,100)(H,81,102)(H,82,106)(H,83,104)(H,84,92)(H,85,105)(H,86,98)(H,87,101)(H,88,103)(H,93,94)(H,95,96)/t32-,33-,40+,41+,42+,43+,44+,53+,54+,67?,68?/m1/s1. The van der Waals surface area contributed by atoms with E-state index in [0.717, 1.165) is 51.0 Å². The molecule has 0 saturated carbocycles. The third-order valence-corrected chi connectivity index (χ3v) is 17.8. The van der Waals surface area contributed by atoms with E-state index in [1.807, 2.05) is 41.0 Å². The highest BCUT2D eigenvalue weighted by Crippen LogP contribution is 2.33. The molecule has 32 nitrogen and oxygen atoms in total. The number of halogens is 6. The molecule has 5 aromatic rings. The summed E-state index contributed by atoms with van der Waals surface area (Å²) in [5.41, 5.74) is 7.09. The minimum Gasteiger partial charge on any atom is -0.481 e. The van der Waals surface area contributed by atoms with E-state index in [9.17, 15) is 101 Å². The predicted octanol–water partition coefficient (Wildman–Crippen LogP) is -1.30. The maximum atomic E-state index is 15.4. The van der Waals surface area contributed by atoms with Gasteiger partial charge in [0.15, 0.2) is 23.3 Å². The van der Waals surface area contributed by atoms with Gasteiger partial charge < -0.3 is 95.2 Å². The average Bonchev–Trinajstić information content (AvgIpc) is 1.20. The van der Waals surface area contributed by atoms with Crippen LogP contribution in [-0.4, -0.2) is 202 Å². The summed E-state index contributed by atoms with van der Waals surface area (Å²) in [6.07, 6.45) is -4.80. The van der Waals surface area contributed by atoms with E-state index in [1.165, 1.54) is 38.5 Å². The van der Waals surface area contributed by atoms with Gasteiger partial charge in [0, 0.05) is 31.2 Å². The molecule has 20 N–H and O–H groups in total. The molecule has 0 saturated heterocycles. The number of nitrogens with one attached hydrogen (secondary N) is 11. The summed E-state index contributed by atoms with van der Waals surface area (Å²) in [6, 6.07) is 7.30. The van der Waals surface area contributed by atoms with E-state index in [4.69, 9.17) is 11.5 Å². The fourth-order valence-corrected chi connectivity index (χ4v) is 11.3. The second-order valence-electron chi connectivity index (χ2n) is 25.7. The molecule has 1 heterocycles. The molecule has 0 fully saturated rings. The minimum absolute atomic E-state index is 0.0388. The molecule has 1 aromatic heterocycles. The summed E-state index contributed by atoms with van der Waals surface area (Å²) in [4.78, 5) is 181. The molecule has 4 aromatic carbocycles. The molecule has 11 atom stereocenters. The van der Waals surface area contributed by atoms with Gasteiger partial charge in [-0.1, -0.05) is 72.8 Å². The molecule has 11 amide bonds. The Morgan fingerprint density at radius 2 is 1.12 bits per heavy atom. The lowest BCUT2D eigenvalue weighted by atomic mass is 9.90. The lowest BCUT2D eigenvalue weighted by Gasteiger charge is -2.34. The number of primary amides is 1. The van der Waals surface area contributed by atoms with Gasteiger partial charge >= 0.3 is 11.9 Å². The van der Waals surface area contributed by atoms with Crippen LogP contribution in [0.5, 0.6) is 0 Å². The summed E-state index contributed by atoms with van der Waals surface area (Å²) in [7, 11) is 0. The number of thioether (sulfide) groups is 1. The third kappa shape index (κ3) is 24.8. The van der Waals surface area contributed by atoms with Gasteiger partial charge in [-0.25, -0.2) is 31.3 Å². The molecular formula is C68H82F6N14O18S. The first-order chi connectivity index (χ1) is 50.1. The maximum Gasteiger partial charge on any atom is 0.305 e. The van der Waals surface area contributed by atoms with Crippen LogP contribution in [0.1, 0.15) is 84.0 Å². The Morgan fingerprint density at radius 3 is 1.68 bits per heavy atom. The van der Waals surface area contributed by atoms with Crippen molar-refractivity contribution in [3.05, 3.63) is 143 Å². The molecule has 0 bridgehead atoms. The van der Waals surface area contributed by atoms with E-state index in [1.54, 1.807) is 24.3 Å². The smallest absolute Gasteiger partial charge is 0.305 e. The van der Waals surface area contributed by atoms with Crippen molar-refractivity contribution in [2.24, 2.45) is 11.5 Å². The van der Waals surface area contributed by atoms with Gasteiger partial charge in [-0.3, -0.25) is 62.3 Å². The minimum atomic E-state index is -2.70. The highest BCUT2D eigenvalue weighted by molar-refractivity contribution is 7.99. The predicted molar refractivity (Wildman–Crippen MR) is 366 cm³/mol. The van der Waals surface area contributed by atoms with Crippen LogP contribution in [0.25, 0.3) is 11.1 Å². The molecule has 0 spiro atoms. The fourth-order valence-electron chi connectivity index (χ4n) is 10.2. The number of aliphatic carboxylic acids is 2. The Bertz CT molecular complexity index is 4050. The number of aliphatic hydroxyl groups is 3. The topological polar surface area (TPSA) is 524 Å². The van der Waals surface area contributed by atoms with E-state index in [-0.39, 0.29) is 36.6 Å². The number of imidazole rings is 1. The number of aryl methyl sites for hydroxylation is 1. The van der Waals surface area contributed by atoms with Crippen LogP contribution in [0.4, 0.5) is 26.3 Å². The summed E-state index contributed by atoms with van der Waals surface area (Å²) in [6.45, 7) is 3.70. The van der Waals surface area contributed by atoms with Gasteiger partial charge in [-0.2, -0.15) is 0 Å². The maximum absolute atomic E-state index is 15.4. The number of nitrogens with zero attached hydrogens (tertiary/aromatic N) is 1. The van der Waals surface area contributed by atoms with Gasteiger partial charge in [0.25, 0.3) is 0 Å². The van der Waals surface area contributed by atoms with E-state index >= 15 is 13.2 Å². The van der Waals surface area contributed by atoms with Crippen molar-refractivity contribution in [2.75, 3.05) is 18.9 Å². The second kappa shape index (κ2) is 38.8. The van der Waals surface area contributed by atoms with Crippen molar-refractivity contribution in [1.82, 2.24) is 63.1 Å². The Kier molecular flexibility index (Phi) is 31.4. The largest absolute Gasteiger partial charge is 0.481 e. The van der Waals surface area contributed by atoms with Gasteiger partial charge in [0.05, 0.1) is 54.7 Å². The van der Waals surface area contributed by atoms with Crippen molar-refractivity contribution < 1.29 is 114 Å². The number of carboxylic acid groups (broad SMARTS) is 2. The van der Waals surface area contributed by atoms with Crippen LogP contribution in [0.2, 0.25) is 0 Å². The van der Waals surface area contributed by atoms with E-state index in [2.05, 4.69) is 52.5 Å². The number of aromatic nitrogens is 2. The molecule has 0 radical (unpaired) electrons. The first kappa shape index (κ1) is 86.6. The molecule has 107 heavy (non-hydrogen) atoms. The molecule has 0 aliphatic heterocycles. The summed E-state index contributed by atoms with van der Waals surface area (Å²) < 4.78 is 88.6. The molecule has 0 aliphatic rings. The van der Waals surface area contributed by atoms with Crippen molar-refractivity contribution in [1.29, 1.82) is 0 Å². The Balaban J connectivity index is 1.33. The van der Waals surface area contributed by atoms with Crippen molar-refractivity contribution >= 4 is 88.7 Å². The number of aromatic amines is 1. The summed E-state index contributed by atoms with van der Waals surface area (Å²) >= 11 is -0.215. The van der Waals surface area contributed by atoms with Crippen LogP contribution in [0.15, 0.2) is 96.3 Å². The molecule has 39 heteroatoms. The first-order valence-corrected chi connectivity index (χ1v) is 33.6. The summed E-state index contributed by atoms with van der Waals surface area (Å²) in [5.74, 6) is -32.0. The highest BCUT2D eigenvalue weighted by atomic mass is 32.2. The zero-order chi connectivity index (χ0) is 80.0. The number of rotatable bonds is 40. The number of carboxylic acids is 2. The number of carbonyl (C=O) groups is 13. The molecule has 580 valence electrons. The lowest BCUT2D eigenvalue weighted by molar-refractivity contribution is -0.142. The molecule has 5 rings (SSSR count). The summed E-state index contributed by atoms with van der Waals surface area (Å²) in [5, 5.41) is 73.3. The number of nitrogens with two attached hydrogens (primary N) is 2. The SMILES string of the molecule is C[C@@H](O)[C@H](NC(=O)CNC(=O)[C@H](CCC(=O)O)NC(=O)C(C)(C)NC(=O)[C@@H](N)Cc1c[nH]cn1)C(=O)NC(C)(Cc1ccccc1F)C(=O)N[C@H](C(=O)N[C@@H](CO)C(=O)N[C@@H](CC(=O)O)C(=O)NC(C)(CSc1c(F)c(F)c(F)c(F)c1F)C(=O)N[C@@H](CCc1ccc(-c2ccccc2)cc1)C(N)=O)[C@@H](C)O. The van der Waals surface area contributed by atoms with Crippen LogP contribution < -0.4 is 64.6 Å². The quantitative estimate of drug-likeness (QED) is 0.00938. The van der Waals surface area contributed by atoms with Crippen LogP contribution in [0, 0.1) is 34.9 Å². The Labute approximate surface area is 610 Å². The van der Waals surface area contributed by atoms with Gasteiger partial charge in [-0.15, -0.1) is 11.8 Å². The van der Waals surface area contributed by atoms with Gasteiger partial charge in [-0.05, 0) is 89.1 Å². The van der Waals surface area contributed by atoms with E-state index < -0.39 is 232 Å². The molecular weight excluding hydrogens is 1450 g/mol. The Morgan fingerprint density at radius 1 is 0.570 bits per heavy atom. The lowest BCUT2D eigenvalue weighted by Crippen LogP contribution is -2.67. The number of hydrogen-bond acceptors (Lipinski definition) is 19. The average molecular weight is 1530 g/mol. The zero-order valence-corrected chi connectivity index (χ0v) is 59.1. The van der Waals surface area contributed by atoms with Crippen LogP contribution >= 0.6 is 11.8 Å². The van der Waals surface area contributed by atoms with E-state index in [0.29, 0.717) is 11.3 Å². The molecule has 2 unspecified atom stereocenters. The number of benzene rings is 4. The third-order valence-electron chi connectivity index (χ3n) is 16.4. The monoisotopic (exact) mass is 1530 g/mol. The second-order valence-corrected chi connectivity index (χ2v) is 26.7. The van der Waals surface area contributed by atoms with Gasteiger partial charge in [0.1, 0.15) is 58.7 Å². The van der Waals surface area contributed by atoms with Crippen LogP contribution in [0.3, 0.4) is 0 Å². The fraction of sp³-hybridized carbons (Fsp3) is 0.412. The normalized spacial score (nSPS) is 15.0. The highest BCUT2D eigenvalue weighted by Gasteiger charge is 2.45.